The summed E-state index contributed by atoms with van der Waals surface area (Å²) in [6.07, 6.45) is 2.57. The number of nitrogens with one attached hydrogen (secondary N) is 1. The lowest BCUT2D eigenvalue weighted by atomic mass is 9.60. The summed E-state index contributed by atoms with van der Waals surface area (Å²) < 4.78 is 26.5. The van der Waals surface area contributed by atoms with Crippen LogP contribution in [0.2, 0.25) is 0 Å². The zero-order valence-electron chi connectivity index (χ0n) is 15.2. The number of carbonyl (C=O) groups is 1. The molecule has 2 aliphatic carbocycles. The number of aromatic nitrogens is 2. The zero-order chi connectivity index (χ0) is 20.1. The first-order valence-corrected chi connectivity index (χ1v) is 9.33. The summed E-state index contributed by atoms with van der Waals surface area (Å²) in [5.74, 6) is 0.00234. The minimum absolute atomic E-state index is 0.147. The second-order valence-electron chi connectivity index (χ2n) is 7.67. The molecule has 0 bridgehead atoms. The maximum Gasteiger partial charge on any atom is 0.259 e. The highest BCUT2D eigenvalue weighted by atomic mass is 19.3. The maximum atomic E-state index is 12.8. The van der Waals surface area contributed by atoms with Crippen LogP contribution in [0.5, 0.6) is 0 Å². The molecule has 28 heavy (non-hydrogen) atoms. The van der Waals surface area contributed by atoms with E-state index in [9.17, 15) is 18.7 Å². The van der Waals surface area contributed by atoms with Crippen molar-refractivity contribution in [2.24, 2.45) is 0 Å². The van der Waals surface area contributed by atoms with Gasteiger partial charge in [-0.05, 0) is 54.9 Å². The Balaban J connectivity index is 1.59. The van der Waals surface area contributed by atoms with Crippen molar-refractivity contribution in [2.45, 2.75) is 55.9 Å². The first-order valence-electron chi connectivity index (χ1n) is 9.33. The van der Waals surface area contributed by atoms with Crippen LogP contribution >= 0.6 is 0 Å². The van der Waals surface area contributed by atoms with Gasteiger partial charge in [0, 0.05) is 23.2 Å². The van der Waals surface area contributed by atoms with Gasteiger partial charge >= 0.3 is 0 Å². The van der Waals surface area contributed by atoms with E-state index in [4.69, 9.17) is 15.7 Å². The number of alkyl halides is 2. The highest BCUT2D eigenvalue weighted by Gasteiger charge is 2.33. The molecule has 1 amide bonds. The van der Waals surface area contributed by atoms with E-state index in [1.54, 1.807) is 18.2 Å². The maximum absolute atomic E-state index is 12.8. The lowest BCUT2D eigenvalue weighted by Crippen LogP contribution is -2.27. The van der Waals surface area contributed by atoms with Gasteiger partial charge in [0.2, 0.25) is 0 Å². The van der Waals surface area contributed by atoms with E-state index in [0.717, 1.165) is 35.9 Å². The molecule has 0 saturated heterocycles. The minimum atomic E-state index is -2.54. The quantitative estimate of drug-likeness (QED) is 0.725. The van der Waals surface area contributed by atoms with Gasteiger partial charge < -0.3 is 10.4 Å². The molecule has 2 aliphatic rings. The zero-order valence-corrected chi connectivity index (χ0v) is 15.2. The number of amides is 1. The van der Waals surface area contributed by atoms with Crippen molar-refractivity contribution < 1.29 is 18.7 Å². The molecule has 4 radical (unpaired) electrons. The van der Waals surface area contributed by atoms with Gasteiger partial charge in [0.1, 0.15) is 22.2 Å². The molecule has 2 aromatic rings. The van der Waals surface area contributed by atoms with Crippen LogP contribution in [0.1, 0.15) is 64.7 Å². The Morgan fingerprint density at radius 1 is 1.29 bits per heavy atom. The molecule has 0 atom stereocenters. The van der Waals surface area contributed by atoms with Crippen LogP contribution < -0.4 is 5.32 Å². The van der Waals surface area contributed by atoms with Crippen LogP contribution in [0.4, 0.5) is 14.5 Å². The van der Waals surface area contributed by atoms with Crippen molar-refractivity contribution in [3.8, 4) is 0 Å². The van der Waals surface area contributed by atoms with Crippen LogP contribution in [-0.4, -0.2) is 42.9 Å². The average molecular weight is 381 g/mol. The van der Waals surface area contributed by atoms with Gasteiger partial charge in [0.25, 0.3) is 12.3 Å². The van der Waals surface area contributed by atoms with Gasteiger partial charge in [0.15, 0.2) is 0 Å². The lowest BCUT2D eigenvalue weighted by Gasteiger charge is -2.23. The first-order chi connectivity index (χ1) is 13.2. The van der Waals surface area contributed by atoms with Crippen molar-refractivity contribution in [1.82, 2.24) is 9.78 Å². The number of hydrogen-bond acceptors (Lipinski definition) is 3. The topological polar surface area (TPSA) is 67.2 Å². The minimum Gasteiger partial charge on any atom is -0.405 e. The fraction of sp³-hybridized carbons (Fsp3) is 0.474. The Hall–Kier alpha value is -2.15. The van der Waals surface area contributed by atoms with Crippen molar-refractivity contribution in [2.75, 3.05) is 5.32 Å². The monoisotopic (exact) mass is 381 g/mol. The van der Waals surface area contributed by atoms with Crippen molar-refractivity contribution in [3.05, 3.63) is 46.8 Å². The van der Waals surface area contributed by atoms with Crippen molar-refractivity contribution >= 4 is 27.3 Å². The molecule has 9 heteroatoms. The standard InChI is InChI=1S/C19H19B2F2N3O2/c20-19(21,28)15-6-5-12(7-13(15)10-1-2-10)24-18(27)14-8-26(9-16(22)23)25-17(14)11-3-4-11/h5-8,10-11,16,28H,1-4,9H2,(H,24,27). The number of benzene rings is 1. The smallest absolute Gasteiger partial charge is 0.259 e. The normalized spacial score (nSPS) is 17.1. The Bertz CT molecular complexity index is 903. The van der Waals surface area contributed by atoms with Gasteiger partial charge in [-0.1, -0.05) is 6.07 Å². The summed E-state index contributed by atoms with van der Waals surface area (Å²) in [5.41, 5.74) is 2.64. The number of aliphatic hydroxyl groups is 1. The molecule has 5 nitrogen and oxygen atoms in total. The molecule has 1 heterocycles. The Kier molecular flexibility index (Phi) is 4.81. The van der Waals surface area contributed by atoms with E-state index >= 15 is 0 Å². The third kappa shape index (κ3) is 4.14. The van der Waals surface area contributed by atoms with Crippen molar-refractivity contribution in [3.63, 3.8) is 0 Å². The van der Waals surface area contributed by atoms with Gasteiger partial charge in [-0.2, -0.15) is 5.10 Å². The fourth-order valence-electron chi connectivity index (χ4n) is 3.44. The summed E-state index contributed by atoms with van der Waals surface area (Å²) in [6.45, 7) is -0.543. The molecule has 142 valence electrons. The highest BCUT2D eigenvalue weighted by molar-refractivity contribution is 6.38. The summed E-state index contributed by atoms with van der Waals surface area (Å²) in [5, 5.41) is 15.0. The van der Waals surface area contributed by atoms with Crippen LogP contribution in [0.3, 0.4) is 0 Å². The Labute approximate surface area is 164 Å². The number of hydrogen-bond donors (Lipinski definition) is 2. The molecule has 2 N–H and O–H groups in total. The van der Waals surface area contributed by atoms with E-state index in [0.29, 0.717) is 22.5 Å². The highest BCUT2D eigenvalue weighted by Crippen LogP contribution is 2.44. The van der Waals surface area contributed by atoms with Gasteiger partial charge in [0.05, 0.1) is 11.3 Å². The van der Waals surface area contributed by atoms with E-state index < -0.39 is 24.3 Å². The lowest BCUT2D eigenvalue weighted by molar-refractivity contribution is 0.102. The molecule has 0 spiro atoms. The molecular weight excluding hydrogens is 362 g/mol. The van der Waals surface area contributed by atoms with E-state index in [-0.39, 0.29) is 11.8 Å². The predicted molar refractivity (Wildman–Crippen MR) is 102 cm³/mol. The SMILES string of the molecule is [B]C([B])(O)c1ccc(NC(=O)c2cn(CC(F)F)nc2C2CC2)cc1C1CC1. The molecule has 4 rings (SSSR count). The van der Waals surface area contributed by atoms with Gasteiger partial charge in [-0.3, -0.25) is 9.48 Å². The van der Waals surface area contributed by atoms with Crippen LogP contribution in [0, 0.1) is 0 Å². The van der Waals surface area contributed by atoms with Crippen LogP contribution in [-0.2, 0) is 11.9 Å². The number of carbonyl (C=O) groups excluding carboxylic acids is 1. The second-order valence-corrected chi connectivity index (χ2v) is 7.67. The fourth-order valence-corrected chi connectivity index (χ4v) is 3.44. The molecule has 2 fully saturated rings. The van der Waals surface area contributed by atoms with E-state index in [1.807, 2.05) is 0 Å². The molecule has 1 aromatic heterocycles. The van der Waals surface area contributed by atoms with Gasteiger partial charge in [-0.15, -0.1) is 0 Å². The molecule has 0 unspecified atom stereocenters. The molecule has 0 aliphatic heterocycles. The summed E-state index contributed by atoms with van der Waals surface area (Å²) in [6, 6.07) is 4.98. The summed E-state index contributed by atoms with van der Waals surface area (Å²) in [4.78, 5) is 12.8. The van der Waals surface area contributed by atoms with E-state index in [1.165, 1.54) is 6.20 Å². The van der Waals surface area contributed by atoms with Crippen molar-refractivity contribution in [1.29, 1.82) is 0 Å². The number of anilines is 1. The number of nitrogens with zero attached hydrogens (tertiary/aromatic N) is 2. The first kappa shape index (κ1) is 19.2. The predicted octanol–water partition coefficient (Wildman–Crippen LogP) is 2.59. The molecule has 1 aromatic carbocycles. The van der Waals surface area contributed by atoms with Crippen LogP contribution in [0.25, 0.3) is 0 Å². The largest absolute Gasteiger partial charge is 0.405 e. The Morgan fingerprint density at radius 2 is 1.96 bits per heavy atom. The number of halogens is 2. The number of rotatable bonds is 7. The molecular formula is C19H19B2F2N3O2. The summed E-state index contributed by atoms with van der Waals surface area (Å²) in [7, 11) is 11.3. The van der Waals surface area contributed by atoms with Gasteiger partial charge in [-0.25, -0.2) is 8.78 Å². The third-order valence-electron chi connectivity index (χ3n) is 5.08. The summed E-state index contributed by atoms with van der Waals surface area (Å²) >= 11 is 0. The third-order valence-corrected chi connectivity index (χ3v) is 5.08. The second kappa shape index (κ2) is 7.03. The average Bonchev–Trinajstić information content (AvgIpc) is 3.50. The Morgan fingerprint density at radius 3 is 2.54 bits per heavy atom. The van der Waals surface area contributed by atoms with E-state index in [2.05, 4.69) is 10.4 Å². The molecule has 2 saturated carbocycles. The van der Waals surface area contributed by atoms with Crippen LogP contribution in [0.15, 0.2) is 24.4 Å².